The molecule has 0 aromatic rings. The molecular weight excluding hydrogens is 262 g/mol. The van der Waals surface area contributed by atoms with Crippen LogP contribution in [0, 0.1) is 0 Å². The van der Waals surface area contributed by atoms with E-state index in [9.17, 15) is 27.2 Å². The first-order valence-corrected chi connectivity index (χ1v) is 5.03. The Bertz CT molecular complexity index is 337. The summed E-state index contributed by atoms with van der Waals surface area (Å²) in [6.07, 6.45) is -4.76. The summed E-state index contributed by atoms with van der Waals surface area (Å²) in [4.78, 5) is 22.2. The fraction of sp³-hybridized carbons (Fsp3) is 0.778. The van der Waals surface area contributed by atoms with Crippen LogP contribution < -0.4 is 0 Å². The van der Waals surface area contributed by atoms with Crippen molar-refractivity contribution in [2.45, 2.75) is 24.8 Å². The van der Waals surface area contributed by atoms with E-state index in [0.29, 0.717) is 4.90 Å². The van der Waals surface area contributed by atoms with Gasteiger partial charge < -0.3 is 14.7 Å². The monoisotopic (exact) mass is 273 g/mol. The lowest BCUT2D eigenvalue weighted by Gasteiger charge is -2.36. The van der Waals surface area contributed by atoms with Crippen molar-refractivity contribution in [1.29, 1.82) is 0 Å². The highest BCUT2D eigenvalue weighted by Gasteiger charge is 2.52. The van der Waals surface area contributed by atoms with Gasteiger partial charge in [0.25, 0.3) is 5.91 Å². The summed E-state index contributed by atoms with van der Waals surface area (Å²) in [6.45, 7) is -0.697. The third kappa shape index (κ3) is 3.09. The lowest BCUT2D eigenvalue weighted by atomic mass is 10.1. The second-order valence-corrected chi connectivity index (χ2v) is 3.75. The first kappa shape index (κ1) is 14.7. The fourth-order valence-electron chi connectivity index (χ4n) is 1.58. The van der Waals surface area contributed by atoms with Gasteiger partial charge in [0.15, 0.2) is 0 Å². The Morgan fingerprint density at radius 3 is 2.56 bits per heavy atom. The molecule has 0 spiro atoms. The normalized spacial score (nSPS) is 21.2. The van der Waals surface area contributed by atoms with E-state index < -0.39 is 36.7 Å². The zero-order valence-corrected chi connectivity index (χ0v) is 9.11. The number of aliphatic carboxylic acids is 1. The Labute approximate surface area is 99.3 Å². The van der Waals surface area contributed by atoms with Crippen molar-refractivity contribution in [1.82, 2.24) is 4.90 Å². The number of hydrogen-bond donors (Lipinski definition) is 1. The molecule has 1 rings (SSSR count). The molecule has 1 fully saturated rings. The van der Waals surface area contributed by atoms with Gasteiger partial charge in [-0.05, 0) is 0 Å². The van der Waals surface area contributed by atoms with E-state index in [1.807, 2.05) is 0 Å². The minimum Gasteiger partial charge on any atom is -0.481 e. The average molecular weight is 273 g/mol. The lowest BCUT2D eigenvalue weighted by molar-refractivity contribution is -0.188. The summed E-state index contributed by atoms with van der Waals surface area (Å²) < 4.78 is 54.8. The molecule has 0 aromatic heterocycles. The molecule has 1 heterocycles. The molecule has 0 radical (unpaired) electrons. The third-order valence-electron chi connectivity index (χ3n) is 2.46. The average Bonchev–Trinajstić information content (AvgIpc) is 2.27. The fourth-order valence-corrected chi connectivity index (χ4v) is 1.58. The third-order valence-corrected chi connectivity index (χ3v) is 2.46. The molecule has 1 amide bonds. The SMILES string of the molecule is O=C(O)CC1COCCN1C(=O)C(F)(F)C(F)F. The number of rotatable bonds is 4. The number of nitrogens with zero attached hydrogens (tertiary/aromatic N) is 1. The van der Waals surface area contributed by atoms with Crippen LogP contribution in [-0.4, -0.2) is 60.0 Å². The maximum atomic E-state index is 12.9. The van der Waals surface area contributed by atoms with Gasteiger partial charge in [-0.25, -0.2) is 8.78 Å². The standard InChI is InChI=1S/C9H11F4NO4/c10-7(11)9(12,13)8(17)14-1-2-18-4-5(14)3-6(15)16/h5,7H,1-4H2,(H,15,16). The van der Waals surface area contributed by atoms with Crippen LogP contribution in [0.5, 0.6) is 0 Å². The smallest absolute Gasteiger partial charge is 0.383 e. The van der Waals surface area contributed by atoms with Gasteiger partial charge in [-0.15, -0.1) is 0 Å². The Hall–Kier alpha value is -1.38. The summed E-state index contributed by atoms with van der Waals surface area (Å²) in [5, 5.41) is 8.55. The van der Waals surface area contributed by atoms with Crippen LogP contribution in [0.1, 0.15) is 6.42 Å². The largest absolute Gasteiger partial charge is 0.481 e. The number of ether oxygens (including phenoxy) is 1. The second-order valence-electron chi connectivity index (χ2n) is 3.75. The van der Waals surface area contributed by atoms with E-state index in [1.54, 1.807) is 0 Å². The summed E-state index contributed by atoms with van der Waals surface area (Å²) in [6, 6.07) is -1.16. The topological polar surface area (TPSA) is 66.8 Å². The number of carboxylic acid groups (broad SMARTS) is 1. The molecule has 0 saturated carbocycles. The van der Waals surface area contributed by atoms with Gasteiger partial charge in [0.2, 0.25) is 0 Å². The predicted octanol–water partition coefficient (Wildman–Crippen LogP) is 0.589. The zero-order chi connectivity index (χ0) is 13.9. The molecule has 1 aliphatic rings. The summed E-state index contributed by atoms with van der Waals surface area (Å²) in [5.74, 6) is -8.20. The van der Waals surface area contributed by atoms with Crippen LogP contribution >= 0.6 is 0 Å². The van der Waals surface area contributed by atoms with Gasteiger partial charge in [-0.1, -0.05) is 0 Å². The van der Waals surface area contributed by atoms with E-state index in [4.69, 9.17) is 9.84 Å². The molecule has 1 saturated heterocycles. The van der Waals surface area contributed by atoms with Gasteiger partial charge in [0.1, 0.15) is 0 Å². The molecule has 5 nitrogen and oxygen atoms in total. The molecule has 0 bridgehead atoms. The van der Waals surface area contributed by atoms with Crippen molar-refractivity contribution >= 4 is 11.9 Å². The van der Waals surface area contributed by atoms with Gasteiger partial charge in [-0.2, -0.15) is 8.78 Å². The molecule has 1 N–H and O–H groups in total. The maximum absolute atomic E-state index is 12.9. The Morgan fingerprint density at radius 2 is 2.06 bits per heavy atom. The number of halogens is 4. The summed E-state index contributed by atoms with van der Waals surface area (Å²) in [7, 11) is 0. The van der Waals surface area contributed by atoms with Gasteiger partial charge in [0.05, 0.1) is 25.7 Å². The van der Waals surface area contributed by atoms with Gasteiger partial charge >= 0.3 is 18.3 Å². The van der Waals surface area contributed by atoms with Crippen LogP contribution in [0.3, 0.4) is 0 Å². The van der Waals surface area contributed by atoms with Crippen molar-refractivity contribution in [2.75, 3.05) is 19.8 Å². The molecule has 0 aliphatic carbocycles. The summed E-state index contributed by atoms with van der Waals surface area (Å²) in [5.41, 5.74) is 0. The van der Waals surface area contributed by atoms with E-state index >= 15 is 0 Å². The zero-order valence-electron chi connectivity index (χ0n) is 9.11. The molecule has 1 unspecified atom stereocenters. The second kappa shape index (κ2) is 5.51. The number of hydrogen-bond acceptors (Lipinski definition) is 3. The summed E-state index contributed by atoms with van der Waals surface area (Å²) >= 11 is 0. The molecule has 0 aromatic carbocycles. The van der Waals surface area contributed by atoms with E-state index in [0.717, 1.165) is 0 Å². The Kier molecular flexibility index (Phi) is 4.49. The van der Waals surface area contributed by atoms with Crippen LogP contribution in [0.25, 0.3) is 0 Å². The lowest BCUT2D eigenvalue weighted by Crippen LogP contribution is -2.56. The van der Waals surface area contributed by atoms with Crippen molar-refractivity contribution in [2.24, 2.45) is 0 Å². The molecule has 1 atom stereocenters. The van der Waals surface area contributed by atoms with E-state index in [2.05, 4.69) is 0 Å². The van der Waals surface area contributed by atoms with Crippen molar-refractivity contribution in [3.05, 3.63) is 0 Å². The minimum atomic E-state index is -4.81. The van der Waals surface area contributed by atoms with Crippen molar-refractivity contribution in [3.8, 4) is 0 Å². The van der Waals surface area contributed by atoms with Crippen LogP contribution in [-0.2, 0) is 14.3 Å². The number of morpholine rings is 1. The highest BCUT2D eigenvalue weighted by Crippen LogP contribution is 2.27. The number of carbonyl (C=O) groups is 2. The highest BCUT2D eigenvalue weighted by atomic mass is 19.3. The van der Waals surface area contributed by atoms with Gasteiger partial charge in [-0.3, -0.25) is 9.59 Å². The van der Waals surface area contributed by atoms with Crippen molar-refractivity contribution < 1.29 is 37.0 Å². The van der Waals surface area contributed by atoms with Gasteiger partial charge in [0, 0.05) is 6.54 Å². The van der Waals surface area contributed by atoms with E-state index in [-0.39, 0.29) is 19.8 Å². The van der Waals surface area contributed by atoms with E-state index in [1.165, 1.54) is 0 Å². The first-order valence-electron chi connectivity index (χ1n) is 5.03. The molecule has 104 valence electrons. The number of carboxylic acids is 1. The number of alkyl halides is 4. The van der Waals surface area contributed by atoms with Crippen LogP contribution in [0.15, 0.2) is 0 Å². The highest BCUT2D eigenvalue weighted by molar-refractivity contribution is 5.85. The maximum Gasteiger partial charge on any atom is 0.383 e. The predicted molar refractivity (Wildman–Crippen MR) is 49.5 cm³/mol. The molecular formula is C9H11F4NO4. The Balaban J connectivity index is 2.83. The van der Waals surface area contributed by atoms with Crippen molar-refractivity contribution in [3.63, 3.8) is 0 Å². The number of carbonyl (C=O) groups excluding carboxylic acids is 1. The quantitative estimate of drug-likeness (QED) is 0.761. The minimum absolute atomic E-state index is 0.0961. The molecule has 9 heteroatoms. The first-order chi connectivity index (χ1) is 8.26. The molecule has 1 aliphatic heterocycles. The van der Waals surface area contributed by atoms with Crippen LogP contribution in [0.2, 0.25) is 0 Å². The van der Waals surface area contributed by atoms with Crippen LogP contribution in [0.4, 0.5) is 17.6 Å². The Morgan fingerprint density at radius 1 is 1.44 bits per heavy atom. The molecule has 18 heavy (non-hydrogen) atoms. The number of amides is 1.